The first-order valence-corrected chi connectivity index (χ1v) is 6.95. The number of carbonyl (C=O) groups is 1. The molecule has 0 spiro atoms. The second-order valence-electron chi connectivity index (χ2n) is 3.09. The number of thiazole rings is 1. The molecule has 0 unspecified atom stereocenters. The van der Waals surface area contributed by atoms with Crippen LogP contribution in [0.15, 0.2) is 0 Å². The number of carboxylic acids is 1. The summed E-state index contributed by atoms with van der Waals surface area (Å²) in [4.78, 5) is 15.6. The van der Waals surface area contributed by atoms with Crippen LogP contribution in [0.25, 0.3) is 0 Å². The van der Waals surface area contributed by atoms with E-state index in [2.05, 4.69) is 11.9 Å². The van der Waals surface area contributed by atoms with Crippen molar-refractivity contribution >= 4 is 29.1 Å². The van der Waals surface area contributed by atoms with Crippen molar-refractivity contribution in [3.05, 3.63) is 15.6 Å². The molecule has 0 aromatic carbocycles. The lowest BCUT2D eigenvalue weighted by Gasteiger charge is -1.93. The van der Waals surface area contributed by atoms with Crippen molar-refractivity contribution < 1.29 is 9.90 Å². The Labute approximate surface area is 97.9 Å². The Bertz CT molecular complexity index is 336. The van der Waals surface area contributed by atoms with Gasteiger partial charge in [-0.3, -0.25) is 0 Å². The van der Waals surface area contributed by atoms with Gasteiger partial charge in [0, 0.05) is 5.75 Å². The Balaban J connectivity index is 2.70. The predicted octanol–water partition coefficient (Wildman–Crippen LogP) is 3.05. The van der Waals surface area contributed by atoms with Crippen molar-refractivity contribution in [2.75, 3.05) is 5.75 Å². The first-order chi connectivity index (χ1) is 7.19. The Hall–Kier alpha value is -0.550. The maximum atomic E-state index is 10.9. The molecule has 15 heavy (non-hydrogen) atoms. The lowest BCUT2D eigenvalue weighted by atomic mass is 10.3. The molecule has 0 aliphatic heterocycles. The van der Waals surface area contributed by atoms with Crippen molar-refractivity contribution in [3.8, 4) is 0 Å². The van der Waals surface area contributed by atoms with E-state index >= 15 is 0 Å². The number of thioether (sulfide) groups is 1. The number of hydrogen-bond donors (Lipinski definition) is 1. The molecule has 0 radical (unpaired) electrons. The summed E-state index contributed by atoms with van der Waals surface area (Å²) in [7, 11) is 0. The molecule has 0 amide bonds. The number of aromatic nitrogens is 1. The monoisotopic (exact) mass is 245 g/mol. The van der Waals surface area contributed by atoms with E-state index in [9.17, 15) is 4.79 Å². The molecule has 0 saturated carbocycles. The fraction of sp³-hybridized carbons (Fsp3) is 0.600. The first-order valence-electron chi connectivity index (χ1n) is 4.98. The molecule has 1 aromatic rings. The molecule has 1 rings (SSSR count). The Morgan fingerprint density at radius 2 is 2.27 bits per heavy atom. The largest absolute Gasteiger partial charge is 0.477 e. The summed E-state index contributed by atoms with van der Waals surface area (Å²) in [6.45, 7) is 4.07. The molecule has 0 atom stereocenters. The van der Waals surface area contributed by atoms with Gasteiger partial charge in [0.15, 0.2) is 0 Å². The van der Waals surface area contributed by atoms with E-state index in [0.29, 0.717) is 11.3 Å². The van der Waals surface area contributed by atoms with Crippen molar-refractivity contribution in [1.82, 2.24) is 4.98 Å². The molecular weight excluding hydrogens is 230 g/mol. The van der Waals surface area contributed by atoms with Crippen LogP contribution in [-0.2, 0) is 12.2 Å². The standard InChI is InChI=1S/C10H15NO2S2/c1-3-5-14-6-8-11-7(4-2)9(15-8)10(12)13/h3-6H2,1-2H3,(H,12,13). The van der Waals surface area contributed by atoms with E-state index in [1.54, 1.807) is 11.8 Å². The zero-order valence-corrected chi connectivity index (χ0v) is 10.6. The SMILES string of the molecule is CCCSCc1nc(CC)c(C(=O)O)s1. The van der Waals surface area contributed by atoms with E-state index in [1.807, 2.05) is 6.92 Å². The van der Waals surface area contributed by atoms with Crippen molar-refractivity contribution in [2.45, 2.75) is 32.4 Å². The number of aromatic carboxylic acids is 1. The molecular formula is C10H15NO2S2. The average Bonchev–Trinajstić information content (AvgIpc) is 2.62. The van der Waals surface area contributed by atoms with Crippen molar-refractivity contribution in [3.63, 3.8) is 0 Å². The quantitative estimate of drug-likeness (QED) is 0.783. The molecule has 0 fully saturated rings. The van der Waals surface area contributed by atoms with Crippen LogP contribution in [0.1, 0.15) is 40.6 Å². The fourth-order valence-electron chi connectivity index (χ4n) is 1.17. The number of hydrogen-bond acceptors (Lipinski definition) is 4. The third kappa shape index (κ3) is 3.50. The van der Waals surface area contributed by atoms with Gasteiger partial charge in [0.05, 0.1) is 5.69 Å². The number of nitrogens with zero attached hydrogens (tertiary/aromatic N) is 1. The van der Waals surface area contributed by atoms with E-state index in [4.69, 9.17) is 5.11 Å². The Morgan fingerprint density at radius 3 is 2.73 bits per heavy atom. The zero-order valence-electron chi connectivity index (χ0n) is 8.95. The minimum atomic E-state index is -0.851. The summed E-state index contributed by atoms with van der Waals surface area (Å²) < 4.78 is 0. The van der Waals surface area contributed by atoms with Crippen LogP contribution in [0, 0.1) is 0 Å². The van der Waals surface area contributed by atoms with Gasteiger partial charge in [0.2, 0.25) is 0 Å². The minimum absolute atomic E-state index is 0.407. The van der Waals surface area contributed by atoms with E-state index in [0.717, 1.165) is 28.6 Å². The number of rotatable bonds is 6. The topological polar surface area (TPSA) is 50.2 Å². The van der Waals surface area contributed by atoms with Gasteiger partial charge < -0.3 is 5.11 Å². The molecule has 0 bridgehead atoms. The number of carboxylic acid groups (broad SMARTS) is 1. The van der Waals surface area contributed by atoms with Crippen LogP contribution >= 0.6 is 23.1 Å². The van der Waals surface area contributed by atoms with Gasteiger partial charge in [-0.2, -0.15) is 11.8 Å². The second kappa shape index (κ2) is 6.12. The van der Waals surface area contributed by atoms with Gasteiger partial charge >= 0.3 is 5.97 Å². The molecule has 0 aliphatic carbocycles. The first kappa shape index (κ1) is 12.5. The van der Waals surface area contributed by atoms with Gasteiger partial charge in [-0.05, 0) is 18.6 Å². The van der Waals surface area contributed by atoms with Crippen LogP contribution in [0.5, 0.6) is 0 Å². The Morgan fingerprint density at radius 1 is 1.53 bits per heavy atom. The van der Waals surface area contributed by atoms with Gasteiger partial charge in [0.1, 0.15) is 9.88 Å². The highest BCUT2D eigenvalue weighted by Crippen LogP contribution is 2.23. The molecule has 84 valence electrons. The summed E-state index contributed by atoms with van der Waals surface area (Å²) in [6, 6.07) is 0. The maximum Gasteiger partial charge on any atom is 0.347 e. The van der Waals surface area contributed by atoms with Crippen LogP contribution in [0.2, 0.25) is 0 Å². The lowest BCUT2D eigenvalue weighted by molar-refractivity contribution is 0.0701. The van der Waals surface area contributed by atoms with Gasteiger partial charge in [0.25, 0.3) is 0 Å². The van der Waals surface area contributed by atoms with E-state index < -0.39 is 5.97 Å². The van der Waals surface area contributed by atoms with Gasteiger partial charge in [-0.1, -0.05) is 13.8 Å². The van der Waals surface area contributed by atoms with Crippen molar-refractivity contribution in [1.29, 1.82) is 0 Å². The van der Waals surface area contributed by atoms with Gasteiger partial charge in [-0.15, -0.1) is 11.3 Å². The van der Waals surface area contributed by atoms with Crippen LogP contribution in [0.3, 0.4) is 0 Å². The van der Waals surface area contributed by atoms with Crippen molar-refractivity contribution in [2.24, 2.45) is 0 Å². The molecule has 5 heteroatoms. The summed E-state index contributed by atoms with van der Waals surface area (Å²) in [5, 5.41) is 9.88. The summed E-state index contributed by atoms with van der Waals surface area (Å²) >= 11 is 3.12. The van der Waals surface area contributed by atoms with E-state index in [-0.39, 0.29) is 0 Å². The predicted molar refractivity (Wildman–Crippen MR) is 64.9 cm³/mol. The van der Waals surface area contributed by atoms with Crippen LogP contribution in [-0.4, -0.2) is 21.8 Å². The number of aryl methyl sites for hydroxylation is 1. The minimum Gasteiger partial charge on any atom is -0.477 e. The fourth-order valence-corrected chi connectivity index (χ4v) is 3.12. The Kier molecular flexibility index (Phi) is 5.11. The lowest BCUT2D eigenvalue weighted by Crippen LogP contribution is -1.97. The molecule has 1 heterocycles. The van der Waals surface area contributed by atoms with E-state index in [1.165, 1.54) is 11.3 Å². The van der Waals surface area contributed by atoms with Crippen LogP contribution in [0.4, 0.5) is 0 Å². The third-order valence-corrected chi connectivity index (χ3v) is 4.29. The third-order valence-electron chi connectivity index (χ3n) is 1.84. The normalized spacial score (nSPS) is 10.5. The molecule has 3 nitrogen and oxygen atoms in total. The highest BCUT2D eigenvalue weighted by Gasteiger charge is 2.15. The second-order valence-corrected chi connectivity index (χ2v) is 5.28. The summed E-state index contributed by atoms with van der Waals surface area (Å²) in [5.41, 5.74) is 0.722. The van der Waals surface area contributed by atoms with Gasteiger partial charge in [-0.25, -0.2) is 9.78 Å². The highest BCUT2D eigenvalue weighted by molar-refractivity contribution is 7.98. The summed E-state index contributed by atoms with van der Waals surface area (Å²) in [5.74, 6) is 1.08. The molecule has 0 saturated heterocycles. The highest BCUT2D eigenvalue weighted by atomic mass is 32.2. The molecule has 1 N–H and O–H groups in total. The molecule has 1 aromatic heterocycles. The van der Waals surface area contributed by atoms with Crippen LogP contribution < -0.4 is 0 Å². The summed E-state index contributed by atoms with van der Waals surface area (Å²) in [6.07, 6.45) is 1.83. The smallest absolute Gasteiger partial charge is 0.347 e. The average molecular weight is 245 g/mol. The molecule has 0 aliphatic rings. The maximum absolute atomic E-state index is 10.9. The zero-order chi connectivity index (χ0) is 11.3.